The van der Waals surface area contributed by atoms with Crippen LogP contribution in [0.4, 0.5) is 0 Å². The van der Waals surface area contributed by atoms with Gasteiger partial charge in [-0.2, -0.15) is 0 Å². The Bertz CT molecular complexity index is 685. The Morgan fingerprint density at radius 2 is 1.84 bits per heavy atom. The van der Waals surface area contributed by atoms with Crippen molar-refractivity contribution in [3.63, 3.8) is 0 Å². The lowest BCUT2D eigenvalue weighted by Gasteiger charge is -2.18. The molecular formula is C16H24N2O6S. The molecule has 0 radical (unpaired) electrons. The van der Waals surface area contributed by atoms with E-state index in [9.17, 15) is 18.0 Å². The first-order valence-corrected chi connectivity index (χ1v) is 9.41. The van der Waals surface area contributed by atoms with Crippen LogP contribution < -0.4 is 4.72 Å². The van der Waals surface area contributed by atoms with Gasteiger partial charge in [0.05, 0.1) is 30.6 Å². The van der Waals surface area contributed by atoms with E-state index >= 15 is 0 Å². The fourth-order valence-electron chi connectivity index (χ4n) is 1.89. The summed E-state index contributed by atoms with van der Waals surface area (Å²) in [4.78, 5) is 24.2. The zero-order valence-electron chi connectivity index (χ0n) is 14.6. The Kier molecular flexibility index (Phi) is 8.01. The third-order valence-electron chi connectivity index (χ3n) is 3.29. The summed E-state index contributed by atoms with van der Waals surface area (Å²) < 4.78 is 31.0. The summed E-state index contributed by atoms with van der Waals surface area (Å²) in [5.41, 5.74) is 0.906. The normalized spacial score (nSPS) is 11.5. The van der Waals surface area contributed by atoms with E-state index in [1.54, 1.807) is 19.2 Å². The number of sulfonamides is 1. The van der Waals surface area contributed by atoms with Crippen LogP contribution in [0.25, 0.3) is 0 Å². The molecule has 0 aliphatic rings. The largest absolute Gasteiger partial charge is 0.478 e. The molecule has 25 heavy (non-hydrogen) atoms. The highest BCUT2D eigenvalue weighted by Crippen LogP contribution is 2.07. The van der Waals surface area contributed by atoms with E-state index in [0.717, 1.165) is 5.56 Å². The van der Waals surface area contributed by atoms with Gasteiger partial charge in [0, 0.05) is 13.6 Å². The second-order valence-electron chi connectivity index (χ2n) is 5.81. The van der Waals surface area contributed by atoms with Crippen molar-refractivity contribution in [2.45, 2.75) is 26.5 Å². The first kappa shape index (κ1) is 21.1. The van der Waals surface area contributed by atoms with Gasteiger partial charge in [0.2, 0.25) is 15.9 Å². The molecule has 0 aliphatic carbocycles. The van der Waals surface area contributed by atoms with Gasteiger partial charge >= 0.3 is 5.97 Å². The second kappa shape index (κ2) is 9.50. The molecule has 0 bridgehead atoms. The summed E-state index contributed by atoms with van der Waals surface area (Å²) >= 11 is 0. The first-order valence-electron chi connectivity index (χ1n) is 7.76. The van der Waals surface area contributed by atoms with Crippen molar-refractivity contribution in [1.82, 2.24) is 9.62 Å². The molecule has 1 aromatic carbocycles. The lowest BCUT2D eigenvalue weighted by molar-refractivity contribution is -0.129. The van der Waals surface area contributed by atoms with Crippen molar-refractivity contribution < 1.29 is 27.9 Å². The highest BCUT2D eigenvalue weighted by molar-refractivity contribution is 7.89. The van der Waals surface area contributed by atoms with Gasteiger partial charge in [-0.15, -0.1) is 0 Å². The van der Waals surface area contributed by atoms with E-state index in [4.69, 9.17) is 9.84 Å². The summed E-state index contributed by atoms with van der Waals surface area (Å²) in [5, 5.41) is 8.85. The molecule has 2 N–H and O–H groups in total. The first-order chi connectivity index (χ1) is 11.6. The highest BCUT2D eigenvalue weighted by Gasteiger charge is 2.15. The van der Waals surface area contributed by atoms with Crippen molar-refractivity contribution in [3.05, 3.63) is 35.4 Å². The van der Waals surface area contributed by atoms with Gasteiger partial charge in [0.1, 0.15) is 0 Å². The van der Waals surface area contributed by atoms with Crippen LogP contribution in [0.1, 0.15) is 29.8 Å². The van der Waals surface area contributed by atoms with Crippen LogP contribution in [0.5, 0.6) is 0 Å². The summed E-state index contributed by atoms with van der Waals surface area (Å²) in [6.07, 6.45) is -0.0597. The fraction of sp³-hybridized carbons (Fsp3) is 0.500. The minimum atomic E-state index is -3.58. The van der Waals surface area contributed by atoms with Crippen molar-refractivity contribution in [3.8, 4) is 0 Å². The Balaban J connectivity index is 2.47. The predicted molar refractivity (Wildman–Crippen MR) is 92.8 cm³/mol. The summed E-state index contributed by atoms with van der Waals surface area (Å²) in [7, 11) is -2.04. The predicted octanol–water partition coefficient (Wildman–Crippen LogP) is 0.688. The van der Waals surface area contributed by atoms with Crippen LogP contribution in [0, 0.1) is 0 Å². The topological polar surface area (TPSA) is 113 Å². The van der Waals surface area contributed by atoms with Gasteiger partial charge < -0.3 is 14.7 Å². The molecule has 0 spiro atoms. The van der Waals surface area contributed by atoms with Crippen molar-refractivity contribution in [1.29, 1.82) is 0 Å². The van der Waals surface area contributed by atoms with Crippen LogP contribution >= 0.6 is 0 Å². The summed E-state index contributed by atoms with van der Waals surface area (Å²) in [6, 6.07) is 6.13. The molecule has 9 heteroatoms. The Hall–Kier alpha value is -1.97. The number of ether oxygens (including phenoxy) is 1. The third-order valence-corrected chi connectivity index (χ3v) is 4.58. The maximum atomic E-state index is 12.0. The molecule has 1 amide bonds. The van der Waals surface area contributed by atoms with Crippen molar-refractivity contribution in [2.24, 2.45) is 0 Å². The number of benzene rings is 1. The molecule has 1 aromatic rings. The fourth-order valence-corrected chi connectivity index (χ4v) is 2.69. The average molecular weight is 372 g/mol. The molecule has 8 nitrogen and oxygen atoms in total. The highest BCUT2D eigenvalue weighted by atomic mass is 32.2. The maximum absolute atomic E-state index is 12.0. The minimum absolute atomic E-state index is 0.0597. The molecule has 0 aromatic heterocycles. The number of nitrogens with one attached hydrogen (secondary N) is 1. The quantitative estimate of drug-likeness (QED) is 0.625. The number of carbonyl (C=O) groups excluding carboxylic acids is 1. The average Bonchev–Trinajstić information content (AvgIpc) is 2.52. The molecule has 0 unspecified atom stereocenters. The molecule has 0 aliphatic heterocycles. The minimum Gasteiger partial charge on any atom is -0.478 e. The molecule has 140 valence electrons. The Morgan fingerprint density at radius 3 is 2.36 bits per heavy atom. The van der Waals surface area contributed by atoms with Gasteiger partial charge in [-0.05, 0) is 31.5 Å². The number of nitrogens with zero attached hydrogens (tertiary/aromatic N) is 1. The molecule has 0 fully saturated rings. The van der Waals surface area contributed by atoms with E-state index in [1.807, 2.05) is 13.8 Å². The van der Waals surface area contributed by atoms with E-state index in [-0.39, 0.29) is 37.1 Å². The van der Waals surface area contributed by atoms with Gasteiger partial charge in [0.25, 0.3) is 0 Å². The van der Waals surface area contributed by atoms with Crippen LogP contribution in [-0.4, -0.2) is 62.4 Å². The SMILES string of the molecule is CC(C)OCCS(=O)(=O)NCC(=O)N(C)Cc1ccc(C(=O)O)cc1. The molecular weight excluding hydrogens is 348 g/mol. The smallest absolute Gasteiger partial charge is 0.335 e. The van der Waals surface area contributed by atoms with E-state index in [1.165, 1.54) is 17.0 Å². The van der Waals surface area contributed by atoms with E-state index in [2.05, 4.69) is 4.72 Å². The van der Waals surface area contributed by atoms with Gasteiger partial charge in [-0.1, -0.05) is 12.1 Å². The number of likely N-dealkylation sites (N-methyl/N-ethyl adjacent to an activating group) is 1. The van der Waals surface area contributed by atoms with Crippen LogP contribution in [0.2, 0.25) is 0 Å². The number of carbonyl (C=O) groups is 2. The number of carboxylic acid groups (broad SMARTS) is 1. The molecule has 0 saturated carbocycles. The number of amides is 1. The summed E-state index contributed by atoms with van der Waals surface area (Å²) in [6.45, 7) is 3.58. The van der Waals surface area contributed by atoms with Crippen LogP contribution in [0.15, 0.2) is 24.3 Å². The maximum Gasteiger partial charge on any atom is 0.335 e. The van der Waals surface area contributed by atoms with Gasteiger partial charge in [0.15, 0.2) is 0 Å². The van der Waals surface area contributed by atoms with Gasteiger partial charge in [-0.25, -0.2) is 17.9 Å². The Labute approximate surface area is 147 Å². The monoisotopic (exact) mass is 372 g/mol. The second-order valence-corrected chi connectivity index (χ2v) is 7.74. The van der Waals surface area contributed by atoms with Crippen molar-refractivity contribution >= 4 is 21.9 Å². The number of rotatable bonds is 10. The zero-order valence-corrected chi connectivity index (χ0v) is 15.4. The van der Waals surface area contributed by atoms with Crippen LogP contribution in [0.3, 0.4) is 0 Å². The lowest BCUT2D eigenvalue weighted by Crippen LogP contribution is -2.39. The number of hydrogen-bond donors (Lipinski definition) is 2. The molecule has 1 rings (SSSR count). The number of carboxylic acids is 1. The zero-order chi connectivity index (χ0) is 19.0. The molecule has 0 saturated heterocycles. The standard InChI is InChI=1S/C16H24N2O6S/c1-12(2)24-8-9-25(22,23)17-10-15(19)18(3)11-13-4-6-14(7-5-13)16(20)21/h4-7,12,17H,8-11H2,1-3H3,(H,20,21). The number of hydrogen-bond acceptors (Lipinski definition) is 5. The molecule has 0 heterocycles. The third kappa shape index (κ3) is 8.10. The van der Waals surface area contributed by atoms with Crippen molar-refractivity contribution in [2.75, 3.05) is 26.0 Å². The van der Waals surface area contributed by atoms with E-state index in [0.29, 0.717) is 0 Å². The lowest BCUT2D eigenvalue weighted by atomic mass is 10.1. The molecule has 0 atom stereocenters. The van der Waals surface area contributed by atoms with E-state index < -0.39 is 21.9 Å². The number of aromatic carboxylic acids is 1. The van der Waals surface area contributed by atoms with Crippen LogP contribution in [-0.2, 0) is 26.1 Å². The Morgan fingerprint density at radius 1 is 1.24 bits per heavy atom. The van der Waals surface area contributed by atoms with Gasteiger partial charge in [-0.3, -0.25) is 4.79 Å². The summed E-state index contributed by atoms with van der Waals surface area (Å²) in [5.74, 6) is -1.62.